The summed E-state index contributed by atoms with van der Waals surface area (Å²) in [5, 5.41) is 19.0. The van der Waals surface area contributed by atoms with Gasteiger partial charge in [-0.15, -0.1) is 0 Å². The molecule has 1 aromatic carbocycles. The molecule has 0 heterocycles. The Morgan fingerprint density at radius 3 is 1.81 bits per heavy atom. The van der Waals surface area contributed by atoms with Gasteiger partial charge < -0.3 is 35.0 Å². The average molecular weight is 640 g/mol. The molecule has 0 saturated carbocycles. The number of aliphatic hydroxyl groups is 1. The molecule has 1 aromatic rings. The van der Waals surface area contributed by atoms with E-state index in [-0.39, 0.29) is 18.8 Å². The van der Waals surface area contributed by atoms with Gasteiger partial charge in [0.2, 0.25) is 0 Å². The summed E-state index contributed by atoms with van der Waals surface area (Å²) in [6, 6.07) is 4.35. The van der Waals surface area contributed by atoms with Crippen molar-refractivity contribution in [3.63, 3.8) is 0 Å². The zero-order chi connectivity index (χ0) is 31.3. The molecule has 3 atom stereocenters. The lowest BCUT2D eigenvalue weighted by atomic mass is 10.0. The largest absolute Gasteiger partial charge is 0.539 e. The second kappa shape index (κ2) is 22.2. The lowest BCUT2D eigenvalue weighted by molar-refractivity contribution is -0.138. The van der Waals surface area contributed by atoms with E-state index in [1.165, 1.54) is 94.9 Å². The summed E-state index contributed by atoms with van der Waals surface area (Å²) in [6.45, 7) is 1.91. The van der Waals surface area contributed by atoms with Gasteiger partial charge >= 0.3 is 21.6 Å². The van der Waals surface area contributed by atoms with Crippen LogP contribution in [0.4, 0.5) is 0 Å². The summed E-state index contributed by atoms with van der Waals surface area (Å²) in [5.74, 6) is -1.30. The van der Waals surface area contributed by atoms with Crippen LogP contribution in [0.1, 0.15) is 102 Å². The molecule has 6 N–H and O–H groups in total. The van der Waals surface area contributed by atoms with Crippen molar-refractivity contribution in [1.82, 2.24) is 0 Å². The van der Waals surface area contributed by atoms with Gasteiger partial charge in [0.15, 0.2) is 0 Å². The molecule has 1 unspecified atom stereocenters. The number of carbonyl (C=O) groups is 1. The maximum atomic E-state index is 12.9. The summed E-state index contributed by atoms with van der Waals surface area (Å²) in [4.78, 5) is 29.2. The number of phosphoric acid groups is 2. The first-order valence-electron chi connectivity index (χ1n) is 15.0. The molecular weight excluding hydrogens is 588 g/mol. The fraction of sp³-hybridized carbons (Fsp3) is 0.750. The van der Waals surface area contributed by atoms with Gasteiger partial charge in [-0.2, -0.15) is 4.31 Å². The third kappa shape index (κ3) is 20.6. The molecule has 42 heavy (non-hydrogen) atoms. The van der Waals surface area contributed by atoms with Gasteiger partial charge in [0, 0.05) is 6.61 Å². The molecule has 0 aromatic heterocycles. The Balaban J connectivity index is 2.25. The molecule has 0 fully saturated rings. The molecule has 0 bridgehead atoms. The van der Waals surface area contributed by atoms with Crippen LogP contribution in [0.25, 0.3) is 0 Å². The van der Waals surface area contributed by atoms with Crippen molar-refractivity contribution in [3.8, 4) is 5.75 Å². The molecule has 244 valence electrons. The summed E-state index contributed by atoms with van der Waals surface area (Å²) >= 11 is 0. The van der Waals surface area contributed by atoms with E-state index in [0.717, 1.165) is 19.3 Å². The fourth-order valence-corrected chi connectivity index (χ4v) is 6.35. The van der Waals surface area contributed by atoms with Gasteiger partial charge in [0.05, 0.1) is 13.2 Å². The van der Waals surface area contributed by atoms with E-state index in [9.17, 15) is 19.0 Å². The zero-order valence-corrected chi connectivity index (χ0v) is 26.6. The van der Waals surface area contributed by atoms with Crippen molar-refractivity contribution < 1.29 is 52.0 Å². The van der Waals surface area contributed by atoms with Gasteiger partial charge in [0.25, 0.3) is 0 Å². The first kappa shape index (κ1) is 38.7. The number of carboxylic acids is 1. The number of benzene rings is 1. The third-order valence-electron chi connectivity index (χ3n) is 6.50. The number of unbranched alkanes of at least 4 members (excludes halogenated alkanes) is 13. The first-order chi connectivity index (χ1) is 19.9. The first-order valence-corrected chi connectivity index (χ1v) is 18.0. The quantitative estimate of drug-likeness (QED) is 0.0548. The highest BCUT2D eigenvalue weighted by Gasteiger charge is 2.38. The van der Waals surface area contributed by atoms with Crippen LogP contribution < -0.4 is 10.3 Å². The molecular formula is C28H51NO11P2. The third-order valence-corrected chi connectivity index (χ3v) is 9.05. The SMILES string of the molecule is CCCCCCCCCCCCCCCCOC[C@H](O)COP(=O)(Oc1ccc(C[C@H](N)C(=O)O)cc1)OP(=O)(O)O. The molecule has 0 aliphatic heterocycles. The van der Waals surface area contributed by atoms with E-state index < -0.39 is 40.4 Å². The number of hydrogen-bond donors (Lipinski definition) is 5. The highest BCUT2D eigenvalue weighted by atomic mass is 31.3. The van der Waals surface area contributed by atoms with E-state index in [4.69, 9.17) is 34.4 Å². The standard InChI is InChI=1S/C28H51NO11P2/c1-2-3-4-5-6-7-8-9-10-11-12-13-14-15-20-37-22-25(30)23-38-42(36,40-41(33,34)35)39-26-18-16-24(17-19-26)21-27(29)28(31)32/h16-19,25,27,30H,2-15,20-23,29H2,1H3,(H,31,32)(H2,33,34,35)/t25-,27-,42?/m0/s1. The Morgan fingerprint density at radius 1 is 0.833 bits per heavy atom. The molecule has 0 spiro atoms. The number of aliphatic hydroxyl groups excluding tert-OH is 1. The van der Waals surface area contributed by atoms with Gasteiger partial charge in [-0.1, -0.05) is 103 Å². The zero-order valence-electron chi connectivity index (χ0n) is 24.8. The van der Waals surface area contributed by atoms with Crippen LogP contribution in [-0.4, -0.2) is 57.9 Å². The summed E-state index contributed by atoms with van der Waals surface area (Å²) in [7, 11) is -10.1. The Bertz CT molecular complexity index is 942. The minimum Gasteiger partial charge on any atom is -0.480 e. The summed E-state index contributed by atoms with van der Waals surface area (Å²) < 4.78 is 44.0. The lowest BCUT2D eigenvalue weighted by Gasteiger charge is -2.20. The minimum absolute atomic E-state index is 0.0221. The molecule has 0 aliphatic rings. The molecule has 12 nitrogen and oxygen atoms in total. The topological polar surface area (TPSA) is 195 Å². The van der Waals surface area contributed by atoms with Gasteiger partial charge in [-0.25, -0.2) is 9.13 Å². The molecule has 0 aliphatic carbocycles. The van der Waals surface area contributed by atoms with Crippen LogP contribution in [-0.2, 0) is 33.9 Å². The van der Waals surface area contributed by atoms with E-state index in [0.29, 0.717) is 12.2 Å². The molecule has 1 rings (SSSR count). The van der Waals surface area contributed by atoms with E-state index in [2.05, 4.69) is 11.2 Å². The maximum Gasteiger partial charge on any atom is 0.539 e. The predicted octanol–water partition coefficient (Wildman–Crippen LogP) is 6.11. The number of rotatable bonds is 27. The smallest absolute Gasteiger partial charge is 0.480 e. The van der Waals surface area contributed by atoms with Crippen LogP contribution in [0.3, 0.4) is 0 Å². The molecule has 0 radical (unpaired) electrons. The number of phosphoric ester groups is 1. The van der Waals surface area contributed by atoms with Crippen molar-refractivity contribution in [2.75, 3.05) is 19.8 Å². The second-order valence-corrected chi connectivity index (χ2v) is 13.5. The normalized spacial score (nSPS) is 14.8. The highest BCUT2D eigenvalue weighted by molar-refractivity contribution is 7.61. The van der Waals surface area contributed by atoms with Crippen LogP contribution in [0.5, 0.6) is 5.75 Å². The summed E-state index contributed by atoms with van der Waals surface area (Å²) in [6.07, 6.45) is 16.2. The number of aliphatic carboxylic acids is 1. The molecule has 0 saturated heterocycles. The van der Waals surface area contributed by atoms with Crippen molar-refractivity contribution in [2.45, 2.75) is 115 Å². The molecule has 0 amide bonds. The van der Waals surface area contributed by atoms with E-state index in [1.54, 1.807) is 0 Å². The van der Waals surface area contributed by atoms with Crippen LogP contribution >= 0.6 is 15.6 Å². The highest BCUT2D eigenvalue weighted by Crippen LogP contribution is 2.60. The number of nitrogens with two attached hydrogens (primary N) is 1. The van der Waals surface area contributed by atoms with Crippen LogP contribution in [0, 0.1) is 0 Å². The number of carboxylic acid groups (broad SMARTS) is 1. The van der Waals surface area contributed by atoms with Crippen LogP contribution in [0.15, 0.2) is 24.3 Å². The van der Waals surface area contributed by atoms with Crippen LogP contribution in [0.2, 0.25) is 0 Å². The van der Waals surface area contributed by atoms with Crippen molar-refractivity contribution >= 4 is 21.6 Å². The average Bonchev–Trinajstić information content (AvgIpc) is 2.91. The predicted molar refractivity (Wildman–Crippen MR) is 160 cm³/mol. The fourth-order valence-electron chi connectivity index (χ4n) is 4.20. The monoisotopic (exact) mass is 639 g/mol. The lowest BCUT2D eigenvalue weighted by Crippen LogP contribution is -2.32. The van der Waals surface area contributed by atoms with Gasteiger partial charge in [-0.05, 0) is 30.5 Å². The Labute approximate surface area is 250 Å². The molecule has 14 heteroatoms. The Kier molecular flexibility index (Phi) is 20.5. The van der Waals surface area contributed by atoms with Crippen molar-refractivity contribution in [2.24, 2.45) is 5.73 Å². The number of hydrogen-bond acceptors (Lipinski definition) is 9. The minimum atomic E-state index is -5.29. The Morgan fingerprint density at radius 2 is 1.33 bits per heavy atom. The maximum absolute atomic E-state index is 12.9. The summed E-state index contributed by atoms with van der Waals surface area (Å²) in [5.41, 5.74) is 6.03. The van der Waals surface area contributed by atoms with Gasteiger partial charge in [0.1, 0.15) is 17.9 Å². The Hall–Kier alpha value is -1.33. The van der Waals surface area contributed by atoms with E-state index in [1.807, 2.05) is 0 Å². The number of ether oxygens (including phenoxy) is 1. The van der Waals surface area contributed by atoms with Crippen molar-refractivity contribution in [1.29, 1.82) is 0 Å². The van der Waals surface area contributed by atoms with Gasteiger partial charge in [-0.3, -0.25) is 9.32 Å². The second-order valence-electron chi connectivity index (χ2n) is 10.5. The van der Waals surface area contributed by atoms with E-state index >= 15 is 0 Å². The van der Waals surface area contributed by atoms with Crippen molar-refractivity contribution in [3.05, 3.63) is 29.8 Å².